The van der Waals surface area contributed by atoms with Crippen LogP contribution in [0.4, 0.5) is 5.69 Å². The summed E-state index contributed by atoms with van der Waals surface area (Å²) >= 11 is 5.87. The Morgan fingerprint density at radius 2 is 2.10 bits per heavy atom. The van der Waals surface area contributed by atoms with Crippen molar-refractivity contribution in [1.82, 2.24) is 0 Å². The van der Waals surface area contributed by atoms with Crippen LogP contribution < -0.4 is 15.5 Å². The van der Waals surface area contributed by atoms with Gasteiger partial charge in [0.15, 0.2) is 5.76 Å². The predicted molar refractivity (Wildman–Crippen MR) is 75.7 cm³/mol. The molecular formula is C14H12ClNO4. The topological polar surface area (TPSA) is 68.5 Å². The van der Waals surface area contributed by atoms with Crippen molar-refractivity contribution in [2.45, 2.75) is 6.92 Å². The number of rotatable bonds is 3. The Kier molecular flexibility index (Phi) is 4.10. The summed E-state index contributed by atoms with van der Waals surface area (Å²) in [4.78, 5) is 23.6. The fourth-order valence-electron chi connectivity index (χ4n) is 1.58. The van der Waals surface area contributed by atoms with Crippen LogP contribution in [0.1, 0.15) is 16.1 Å². The summed E-state index contributed by atoms with van der Waals surface area (Å²) in [5.41, 5.74) is 0.978. The van der Waals surface area contributed by atoms with E-state index in [0.717, 1.165) is 17.9 Å². The first-order valence-corrected chi connectivity index (χ1v) is 6.13. The number of benzene rings is 1. The highest BCUT2D eigenvalue weighted by Gasteiger charge is 2.13. The second-order valence-corrected chi connectivity index (χ2v) is 4.53. The number of nitrogens with one attached hydrogen (secondary N) is 1. The molecule has 0 fully saturated rings. The van der Waals surface area contributed by atoms with Crippen LogP contribution in [0, 0.1) is 6.92 Å². The van der Waals surface area contributed by atoms with Crippen LogP contribution in [-0.4, -0.2) is 13.0 Å². The molecule has 5 nitrogen and oxygen atoms in total. The first-order chi connectivity index (χ1) is 9.51. The van der Waals surface area contributed by atoms with E-state index < -0.39 is 11.3 Å². The van der Waals surface area contributed by atoms with Crippen molar-refractivity contribution in [3.05, 3.63) is 57.1 Å². The van der Waals surface area contributed by atoms with Crippen LogP contribution in [0.5, 0.6) is 5.75 Å². The Bertz CT molecular complexity index is 709. The molecule has 0 atom stereocenters. The van der Waals surface area contributed by atoms with Gasteiger partial charge in [-0.3, -0.25) is 9.59 Å². The smallest absolute Gasteiger partial charge is 0.291 e. The third-order valence-corrected chi connectivity index (χ3v) is 2.92. The van der Waals surface area contributed by atoms with Gasteiger partial charge in [-0.05, 0) is 24.6 Å². The number of ether oxygens (including phenoxy) is 1. The molecule has 20 heavy (non-hydrogen) atoms. The zero-order chi connectivity index (χ0) is 14.7. The summed E-state index contributed by atoms with van der Waals surface area (Å²) in [5, 5.41) is 3.14. The average molecular weight is 294 g/mol. The zero-order valence-corrected chi connectivity index (χ0v) is 11.7. The van der Waals surface area contributed by atoms with Crippen molar-refractivity contribution in [1.29, 1.82) is 0 Å². The molecule has 0 radical (unpaired) electrons. The van der Waals surface area contributed by atoms with E-state index in [1.807, 2.05) is 6.92 Å². The number of methoxy groups -OCH3 is 1. The van der Waals surface area contributed by atoms with E-state index in [1.165, 1.54) is 7.11 Å². The molecule has 2 aromatic rings. The number of halogens is 1. The Hall–Kier alpha value is -2.27. The Labute approximate surface area is 120 Å². The number of amides is 1. The molecule has 0 saturated carbocycles. The van der Waals surface area contributed by atoms with Gasteiger partial charge in [-0.15, -0.1) is 0 Å². The maximum Gasteiger partial charge on any atom is 0.291 e. The van der Waals surface area contributed by atoms with Gasteiger partial charge in [-0.2, -0.15) is 0 Å². The largest absolute Gasteiger partial charge is 0.490 e. The van der Waals surface area contributed by atoms with E-state index in [-0.39, 0.29) is 11.5 Å². The van der Waals surface area contributed by atoms with E-state index in [9.17, 15) is 9.59 Å². The molecule has 0 aliphatic carbocycles. The molecule has 0 spiro atoms. The third-order valence-electron chi connectivity index (χ3n) is 2.69. The molecular weight excluding hydrogens is 282 g/mol. The maximum atomic E-state index is 12.0. The molecule has 0 saturated heterocycles. The molecule has 1 aromatic heterocycles. The van der Waals surface area contributed by atoms with Crippen LogP contribution in [0.25, 0.3) is 0 Å². The lowest BCUT2D eigenvalue weighted by molar-refractivity contribution is 0.0993. The minimum absolute atomic E-state index is 0.0421. The number of hydrogen-bond donors (Lipinski definition) is 1. The van der Waals surface area contributed by atoms with Gasteiger partial charge in [0.05, 0.1) is 7.11 Å². The first-order valence-electron chi connectivity index (χ1n) is 5.75. The van der Waals surface area contributed by atoms with Gasteiger partial charge in [-0.25, -0.2) is 0 Å². The molecule has 1 amide bonds. The lowest BCUT2D eigenvalue weighted by Crippen LogP contribution is -2.15. The molecule has 0 bridgehead atoms. The lowest BCUT2D eigenvalue weighted by atomic mass is 10.2. The number of anilines is 1. The highest BCUT2D eigenvalue weighted by Crippen LogP contribution is 2.20. The van der Waals surface area contributed by atoms with Crippen molar-refractivity contribution in [2.75, 3.05) is 12.4 Å². The van der Waals surface area contributed by atoms with E-state index in [1.54, 1.807) is 18.2 Å². The number of carbonyl (C=O) groups is 1. The van der Waals surface area contributed by atoms with Crippen LogP contribution in [0.3, 0.4) is 0 Å². The van der Waals surface area contributed by atoms with Gasteiger partial charge in [0.2, 0.25) is 11.2 Å². The van der Waals surface area contributed by atoms with Crippen molar-refractivity contribution < 1.29 is 13.9 Å². The van der Waals surface area contributed by atoms with Gasteiger partial charge < -0.3 is 14.5 Å². The van der Waals surface area contributed by atoms with Crippen molar-refractivity contribution in [2.24, 2.45) is 0 Å². The van der Waals surface area contributed by atoms with E-state index in [4.69, 9.17) is 20.8 Å². The summed E-state index contributed by atoms with van der Waals surface area (Å²) in [6, 6.07) is 6.20. The van der Waals surface area contributed by atoms with Crippen LogP contribution >= 0.6 is 11.6 Å². The monoisotopic (exact) mass is 293 g/mol. The van der Waals surface area contributed by atoms with E-state index in [0.29, 0.717) is 10.7 Å². The third kappa shape index (κ3) is 3.00. The van der Waals surface area contributed by atoms with Gasteiger partial charge in [0.25, 0.3) is 5.91 Å². The fourth-order valence-corrected chi connectivity index (χ4v) is 1.75. The molecule has 1 N–H and O–H groups in total. The van der Waals surface area contributed by atoms with Gasteiger partial charge in [0.1, 0.15) is 6.26 Å². The average Bonchev–Trinajstić information content (AvgIpc) is 2.42. The molecule has 6 heteroatoms. The summed E-state index contributed by atoms with van der Waals surface area (Å²) < 4.78 is 9.84. The van der Waals surface area contributed by atoms with Gasteiger partial charge in [0, 0.05) is 16.8 Å². The quantitative estimate of drug-likeness (QED) is 0.945. The lowest BCUT2D eigenvalue weighted by Gasteiger charge is -2.08. The SMILES string of the molecule is COc1coc(C(=O)Nc2cc(Cl)ccc2C)cc1=O. The summed E-state index contributed by atoms with van der Waals surface area (Å²) in [5.74, 6) is -0.592. The highest BCUT2D eigenvalue weighted by molar-refractivity contribution is 6.31. The summed E-state index contributed by atoms with van der Waals surface area (Å²) in [6.45, 7) is 1.83. The Morgan fingerprint density at radius 3 is 2.75 bits per heavy atom. The van der Waals surface area contributed by atoms with Crippen molar-refractivity contribution in [3.8, 4) is 5.75 Å². The van der Waals surface area contributed by atoms with Crippen LogP contribution in [0.15, 0.2) is 39.7 Å². The zero-order valence-electron chi connectivity index (χ0n) is 10.9. The van der Waals surface area contributed by atoms with Crippen LogP contribution in [-0.2, 0) is 0 Å². The predicted octanol–water partition coefficient (Wildman–Crippen LogP) is 2.86. The number of carbonyl (C=O) groups excluding carboxylic acids is 1. The Morgan fingerprint density at radius 1 is 1.35 bits per heavy atom. The highest BCUT2D eigenvalue weighted by atomic mass is 35.5. The minimum Gasteiger partial charge on any atom is -0.490 e. The molecule has 1 aromatic carbocycles. The van der Waals surface area contributed by atoms with Crippen molar-refractivity contribution >= 4 is 23.2 Å². The Balaban J connectivity index is 2.26. The van der Waals surface area contributed by atoms with Crippen molar-refractivity contribution in [3.63, 3.8) is 0 Å². The minimum atomic E-state index is -0.532. The fraction of sp³-hybridized carbons (Fsp3) is 0.143. The standard InChI is InChI=1S/C14H12ClNO4/c1-8-3-4-9(15)5-10(8)16-14(18)12-6-11(17)13(19-2)7-20-12/h3-7H,1-2H3,(H,16,18). The second kappa shape index (κ2) is 5.79. The van der Waals surface area contributed by atoms with Crippen LogP contribution in [0.2, 0.25) is 5.02 Å². The summed E-state index contributed by atoms with van der Waals surface area (Å²) in [7, 11) is 1.35. The molecule has 0 aliphatic heterocycles. The van der Waals surface area contributed by atoms with E-state index >= 15 is 0 Å². The molecule has 0 aliphatic rings. The second-order valence-electron chi connectivity index (χ2n) is 4.09. The van der Waals surface area contributed by atoms with Gasteiger partial charge in [-0.1, -0.05) is 17.7 Å². The van der Waals surface area contributed by atoms with Gasteiger partial charge >= 0.3 is 0 Å². The normalized spacial score (nSPS) is 10.2. The number of hydrogen-bond acceptors (Lipinski definition) is 4. The molecule has 2 rings (SSSR count). The summed E-state index contributed by atoms with van der Waals surface area (Å²) in [6.07, 6.45) is 1.10. The number of aryl methyl sites for hydroxylation is 1. The van der Waals surface area contributed by atoms with E-state index in [2.05, 4.69) is 5.32 Å². The maximum absolute atomic E-state index is 12.0. The first kappa shape index (κ1) is 14.1. The molecule has 104 valence electrons. The molecule has 1 heterocycles. The molecule has 0 unspecified atom stereocenters.